The predicted octanol–water partition coefficient (Wildman–Crippen LogP) is 1.22. The standard InChI is InChI=1S/C13H18N2O2/c1-9-4-5-11(13(14)16)12(7-9)17-10-3-2-6-15-8-10/h4-5,7,10,15H,2-3,6,8H2,1H3,(H2,14,16). The molecule has 1 amide bonds. The maximum atomic E-state index is 11.3. The molecule has 92 valence electrons. The number of primary amides is 1. The third-order valence-electron chi connectivity index (χ3n) is 2.95. The Kier molecular flexibility index (Phi) is 3.64. The highest BCUT2D eigenvalue weighted by Crippen LogP contribution is 2.22. The number of hydrogen-bond acceptors (Lipinski definition) is 3. The van der Waals surface area contributed by atoms with E-state index in [0.29, 0.717) is 11.3 Å². The average Bonchev–Trinajstić information content (AvgIpc) is 2.30. The van der Waals surface area contributed by atoms with Crippen molar-refractivity contribution in [2.24, 2.45) is 5.73 Å². The summed E-state index contributed by atoms with van der Waals surface area (Å²) in [7, 11) is 0. The van der Waals surface area contributed by atoms with Gasteiger partial charge in [-0.25, -0.2) is 0 Å². The van der Waals surface area contributed by atoms with Gasteiger partial charge in [0.25, 0.3) is 5.91 Å². The topological polar surface area (TPSA) is 64.4 Å². The van der Waals surface area contributed by atoms with E-state index in [1.54, 1.807) is 6.07 Å². The van der Waals surface area contributed by atoms with E-state index < -0.39 is 5.91 Å². The van der Waals surface area contributed by atoms with Gasteiger partial charge >= 0.3 is 0 Å². The van der Waals surface area contributed by atoms with Crippen LogP contribution < -0.4 is 15.8 Å². The molecule has 0 saturated carbocycles. The molecule has 0 bridgehead atoms. The van der Waals surface area contributed by atoms with Gasteiger partial charge in [-0.1, -0.05) is 6.07 Å². The first-order valence-corrected chi connectivity index (χ1v) is 5.94. The quantitative estimate of drug-likeness (QED) is 0.826. The molecule has 0 aromatic heterocycles. The number of benzene rings is 1. The van der Waals surface area contributed by atoms with Crippen molar-refractivity contribution in [1.82, 2.24) is 5.32 Å². The third-order valence-corrected chi connectivity index (χ3v) is 2.95. The van der Waals surface area contributed by atoms with Crippen molar-refractivity contribution in [3.05, 3.63) is 29.3 Å². The number of hydrogen-bond donors (Lipinski definition) is 2. The molecule has 1 aliphatic rings. The van der Waals surface area contributed by atoms with Crippen molar-refractivity contribution in [3.63, 3.8) is 0 Å². The summed E-state index contributed by atoms with van der Waals surface area (Å²) < 4.78 is 5.87. The summed E-state index contributed by atoms with van der Waals surface area (Å²) in [4.78, 5) is 11.3. The Morgan fingerprint density at radius 1 is 1.53 bits per heavy atom. The summed E-state index contributed by atoms with van der Waals surface area (Å²) in [6, 6.07) is 5.46. The molecular formula is C13H18N2O2. The molecule has 0 aliphatic carbocycles. The first-order chi connectivity index (χ1) is 8.16. The van der Waals surface area contributed by atoms with Gasteiger partial charge in [0.15, 0.2) is 0 Å². The van der Waals surface area contributed by atoms with E-state index in [4.69, 9.17) is 10.5 Å². The van der Waals surface area contributed by atoms with Crippen LogP contribution >= 0.6 is 0 Å². The number of piperidine rings is 1. The second-order valence-electron chi connectivity index (χ2n) is 4.45. The summed E-state index contributed by atoms with van der Waals surface area (Å²) in [5.41, 5.74) is 6.86. The molecule has 1 fully saturated rings. The van der Waals surface area contributed by atoms with Crippen molar-refractivity contribution in [1.29, 1.82) is 0 Å². The van der Waals surface area contributed by atoms with E-state index in [9.17, 15) is 4.79 Å². The van der Waals surface area contributed by atoms with Crippen LogP contribution in [0, 0.1) is 6.92 Å². The van der Waals surface area contributed by atoms with Gasteiger partial charge in [-0.15, -0.1) is 0 Å². The smallest absolute Gasteiger partial charge is 0.252 e. The number of carbonyl (C=O) groups is 1. The van der Waals surface area contributed by atoms with Gasteiger partial charge in [0.2, 0.25) is 0 Å². The minimum Gasteiger partial charge on any atom is -0.488 e. The molecule has 4 nitrogen and oxygen atoms in total. The first-order valence-electron chi connectivity index (χ1n) is 5.94. The van der Waals surface area contributed by atoms with E-state index in [2.05, 4.69) is 5.32 Å². The van der Waals surface area contributed by atoms with Crippen molar-refractivity contribution in [3.8, 4) is 5.75 Å². The summed E-state index contributed by atoms with van der Waals surface area (Å²) in [5, 5.41) is 3.28. The molecule has 1 atom stereocenters. The first kappa shape index (κ1) is 11.9. The summed E-state index contributed by atoms with van der Waals surface area (Å²) in [6.07, 6.45) is 2.24. The highest BCUT2D eigenvalue weighted by molar-refractivity contribution is 5.95. The third kappa shape index (κ3) is 2.97. The zero-order chi connectivity index (χ0) is 12.3. The van der Waals surface area contributed by atoms with Crippen LogP contribution in [0.4, 0.5) is 0 Å². The molecule has 1 aliphatic heterocycles. The number of carbonyl (C=O) groups excluding carboxylic acids is 1. The Balaban J connectivity index is 2.17. The fourth-order valence-corrected chi connectivity index (χ4v) is 2.03. The lowest BCUT2D eigenvalue weighted by molar-refractivity contribution is 0.0990. The maximum Gasteiger partial charge on any atom is 0.252 e. The number of nitrogens with one attached hydrogen (secondary N) is 1. The lowest BCUT2D eigenvalue weighted by atomic mass is 10.1. The Bertz CT molecular complexity index is 412. The average molecular weight is 234 g/mol. The van der Waals surface area contributed by atoms with Crippen molar-refractivity contribution >= 4 is 5.91 Å². The highest BCUT2D eigenvalue weighted by Gasteiger charge is 2.17. The lowest BCUT2D eigenvalue weighted by Gasteiger charge is -2.24. The molecule has 1 heterocycles. The number of rotatable bonds is 3. The van der Waals surface area contributed by atoms with E-state index in [0.717, 1.165) is 31.5 Å². The van der Waals surface area contributed by atoms with Gasteiger partial charge in [-0.05, 0) is 44.0 Å². The molecular weight excluding hydrogens is 216 g/mol. The zero-order valence-electron chi connectivity index (χ0n) is 10.0. The zero-order valence-corrected chi connectivity index (χ0v) is 10.0. The SMILES string of the molecule is Cc1ccc(C(N)=O)c(OC2CCCNC2)c1. The Morgan fingerprint density at radius 2 is 2.35 bits per heavy atom. The van der Waals surface area contributed by atoms with Crippen LogP contribution in [-0.4, -0.2) is 25.1 Å². The second kappa shape index (κ2) is 5.19. The Labute approximate surface area is 101 Å². The number of ether oxygens (including phenoxy) is 1. The maximum absolute atomic E-state index is 11.3. The largest absolute Gasteiger partial charge is 0.488 e. The molecule has 1 aromatic rings. The Hall–Kier alpha value is -1.55. The van der Waals surface area contributed by atoms with E-state index in [-0.39, 0.29) is 6.10 Å². The van der Waals surface area contributed by atoms with E-state index in [1.807, 2.05) is 19.1 Å². The Morgan fingerprint density at radius 3 is 3.00 bits per heavy atom. The number of amides is 1. The molecule has 0 radical (unpaired) electrons. The van der Waals surface area contributed by atoms with Crippen LogP contribution in [0.15, 0.2) is 18.2 Å². The fraction of sp³-hybridized carbons (Fsp3) is 0.462. The van der Waals surface area contributed by atoms with Gasteiger partial charge in [0, 0.05) is 6.54 Å². The number of aryl methyl sites for hydroxylation is 1. The molecule has 1 aromatic carbocycles. The van der Waals surface area contributed by atoms with Crippen molar-refractivity contribution < 1.29 is 9.53 Å². The molecule has 0 spiro atoms. The van der Waals surface area contributed by atoms with Crippen LogP contribution in [0.5, 0.6) is 5.75 Å². The van der Waals surface area contributed by atoms with E-state index in [1.165, 1.54) is 0 Å². The molecule has 1 saturated heterocycles. The van der Waals surface area contributed by atoms with Crippen molar-refractivity contribution in [2.45, 2.75) is 25.9 Å². The van der Waals surface area contributed by atoms with Gasteiger partial charge in [-0.3, -0.25) is 4.79 Å². The van der Waals surface area contributed by atoms with Gasteiger partial charge in [-0.2, -0.15) is 0 Å². The second-order valence-corrected chi connectivity index (χ2v) is 4.45. The summed E-state index contributed by atoms with van der Waals surface area (Å²) in [6.45, 7) is 3.83. The van der Waals surface area contributed by atoms with E-state index >= 15 is 0 Å². The monoisotopic (exact) mass is 234 g/mol. The highest BCUT2D eigenvalue weighted by atomic mass is 16.5. The van der Waals surface area contributed by atoms with Crippen LogP contribution in [-0.2, 0) is 0 Å². The summed E-state index contributed by atoms with van der Waals surface area (Å²) >= 11 is 0. The molecule has 4 heteroatoms. The number of nitrogens with two attached hydrogens (primary N) is 1. The minimum atomic E-state index is -0.441. The molecule has 3 N–H and O–H groups in total. The molecule has 1 unspecified atom stereocenters. The summed E-state index contributed by atoms with van der Waals surface area (Å²) in [5.74, 6) is 0.162. The lowest BCUT2D eigenvalue weighted by Crippen LogP contribution is -2.37. The fourth-order valence-electron chi connectivity index (χ4n) is 2.03. The normalized spacial score (nSPS) is 19.9. The van der Waals surface area contributed by atoms with Crippen LogP contribution in [0.3, 0.4) is 0 Å². The van der Waals surface area contributed by atoms with Gasteiger partial charge < -0.3 is 15.8 Å². The molecule has 2 rings (SSSR count). The van der Waals surface area contributed by atoms with Crippen LogP contribution in [0.1, 0.15) is 28.8 Å². The minimum absolute atomic E-state index is 0.128. The van der Waals surface area contributed by atoms with Gasteiger partial charge in [0.1, 0.15) is 11.9 Å². The molecule has 17 heavy (non-hydrogen) atoms. The van der Waals surface area contributed by atoms with Crippen LogP contribution in [0.25, 0.3) is 0 Å². The van der Waals surface area contributed by atoms with Gasteiger partial charge in [0.05, 0.1) is 5.56 Å². The van der Waals surface area contributed by atoms with Crippen molar-refractivity contribution in [2.75, 3.05) is 13.1 Å². The van der Waals surface area contributed by atoms with Crippen LogP contribution in [0.2, 0.25) is 0 Å². The predicted molar refractivity (Wildman–Crippen MR) is 66.2 cm³/mol.